The first-order valence-corrected chi connectivity index (χ1v) is 7.48. The molecule has 0 fully saturated rings. The Morgan fingerprint density at radius 2 is 1.55 bits per heavy atom. The van der Waals surface area contributed by atoms with Crippen molar-refractivity contribution >= 4 is 5.97 Å². The predicted octanol–water partition coefficient (Wildman–Crippen LogP) is 4.28. The smallest absolute Gasteiger partial charge is 0.305 e. The van der Waals surface area contributed by atoms with Crippen molar-refractivity contribution in [3.05, 3.63) is 29.8 Å². The summed E-state index contributed by atoms with van der Waals surface area (Å²) in [6.45, 7) is 2.86. The van der Waals surface area contributed by atoms with Crippen molar-refractivity contribution in [2.45, 2.75) is 51.9 Å². The average molecular weight is 278 g/mol. The largest absolute Gasteiger partial charge is 0.494 e. The molecule has 0 spiro atoms. The third-order valence-corrected chi connectivity index (χ3v) is 3.29. The van der Waals surface area contributed by atoms with Crippen LogP contribution in [0.3, 0.4) is 0 Å². The highest BCUT2D eigenvalue weighted by Gasteiger charge is 1.99. The summed E-state index contributed by atoms with van der Waals surface area (Å²) in [6, 6.07) is 8.16. The predicted molar refractivity (Wildman–Crippen MR) is 81.0 cm³/mol. The van der Waals surface area contributed by atoms with Crippen LogP contribution in [0.5, 0.6) is 5.75 Å². The molecule has 0 saturated carbocycles. The second-order valence-electron chi connectivity index (χ2n) is 5.11. The number of carbonyl (C=O) groups excluding carboxylic acids is 1. The SMILES string of the molecule is COC(=O)CCCCCCCCOc1ccc(C)cc1. The van der Waals surface area contributed by atoms with E-state index in [1.807, 2.05) is 12.1 Å². The summed E-state index contributed by atoms with van der Waals surface area (Å²) in [5.41, 5.74) is 1.25. The summed E-state index contributed by atoms with van der Waals surface area (Å²) < 4.78 is 10.3. The first-order chi connectivity index (χ1) is 9.72. The molecule has 0 aliphatic carbocycles. The minimum Gasteiger partial charge on any atom is -0.494 e. The van der Waals surface area contributed by atoms with Gasteiger partial charge >= 0.3 is 5.97 Å². The number of hydrogen-bond donors (Lipinski definition) is 0. The number of aryl methyl sites for hydroxylation is 1. The van der Waals surface area contributed by atoms with Crippen molar-refractivity contribution in [1.82, 2.24) is 0 Å². The van der Waals surface area contributed by atoms with Crippen LogP contribution in [0.1, 0.15) is 50.5 Å². The quantitative estimate of drug-likeness (QED) is 0.473. The van der Waals surface area contributed by atoms with E-state index in [4.69, 9.17) is 4.74 Å². The Kier molecular flexibility index (Phi) is 8.52. The second kappa shape index (κ2) is 10.3. The molecule has 1 rings (SSSR count). The topological polar surface area (TPSA) is 35.5 Å². The molecule has 1 aromatic carbocycles. The number of rotatable bonds is 10. The van der Waals surface area contributed by atoms with E-state index in [0.29, 0.717) is 6.42 Å². The van der Waals surface area contributed by atoms with Crippen LogP contribution in [0.4, 0.5) is 0 Å². The van der Waals surface area contributed by atoms with E-state index < -0.39 is 0 Å². The number of esters is 1. The van der Waals surface area contributed by atoms with Gasteiger partial charge < -0.3 is 9.47 Å². The highest BCUT2D eigenvalue weighted by atomic mass is 16.5. The summed E-state index contributed by atoms with van der Waals surface area (Å²) in [5, 5.41) is 0. The van der Waals surface area contributed by atoms with Gasteiger partial charge in [0.05, 0.1) is 13.7 Å². The molecule has 20 heavy (non-hydrogen) atoms. The summed E-state index contributed by atoms with van der Waals surface area (Å²) in [5.74, 6) is 0.852. The molecule has 0 aromatic heterocycles. The average Bonchev–Trinajstić information content (AvgIpc) is 2.47. The Morgan fingerprint density at radius 1 is 0.950 bits per heavy atom. The molecule has 1 aromatic rings. The highest BCUT2D eigenvalue weighted by Crippen LogP contribution is 2.13. The van der Waals surface area contributed by atoms with Gasteiger partial charge in [0.1, 0.15) is 5.75 Å². The number of ether oxygens (including phenoxy) is 2. The van der Waals surface area contributed by atoms with Crippen molar-refractivity contribution in [3.8, 4) is 5.75 Å². The Hall–Kier alpha value is -1.51. The van der Waals surface area contributed by atoms with Crippen LogP contribution in [-0.2, 0) is 9.53 Å². The lowest BCUT2D eigenvalue weighted by Gasteiger charge is -2.06. The summed E-state index contributed by atoms with van der Waals surface area (Å²) in [6.07, 6.45) is 7.25. The van der Waals surface area contributed by atoms with E-state index in [2.05, 4.69) is 23.8 Å². The van der Waals surface area contributed by atoms with Crippen LogP contribution in [-0.4, -0.2) is 19.7 Å². The second-order valence-corrected chi connectivity index (χ2v) is 5.11. The molecular weight excluding hydrogens is 252 g/mol. The van der Waals surface area contributed by atoms with Gasteiger partial charge in [0, 0.05) is 6.42 Å². The first-order valence-electron chi connectivity index (χ1n) is 7.48. The van der Waals surface area contributed by atoms with Crippen molar-refractivity contribution in [2.24, 2.45) is 0 Å². The van der Waals surface area contributed by atoms with Crippen molar-refractivity contribution in [3.63, 3.8) is 0 Å². The van der Waals surface area contributed by atoms with E-state index >= 15 is 0 Å². The Morgan fingerprint density at radius 3 is 2.20 bits per heavy atom. The van der Waals surface area contributed by atoms with Gasteiger partial charge in [-0.2, -0.15) is 0 Å². The van der Waals surface area contributed by atoms with Gasteiger partial charge in [0.2, 0.25) is 0 Å². The summed E-state index contributed by atoms with van der Waals surface area (Å²) in [7, 11) is 1.44. The maximum atomic E-state index is 10.9. The molecular formula is C17H26O3. The van der Waals surface area contributed by atoms with Gasteiger partial charge in [-0.1, -0.05) is 43.4 Å². The van der Waals surface area contributed by atoms with E-state index in [-0.39, 0.29) is 5.97 Å². The van der Waals surface area contributed by atoms with Gasteiger partial charge in [0.25, 0.3) is 0 Å². The third kappa shape index (κ3) is 7.82. The number of benzene rings is 1. The molecule has 0 atom stereocenters. The molecule has 0 aliphatic rings. The Balaban J connectivity index is 1.90. The summed E-state index contributed by atoms with van der Waals surface area (Å²) in [4.78, 5) is 10.9. The monoisotopic (exact) mass is 278 g/mol. The molecule has 0 saturated heterocycles. The summed E-state index contributed by atoms with van der Waals surface area (Å²) >= 11 is 0. The van der Waals surface area contributed by atoms with Crippen LogP contribution < -0.4 is 4.74 Å². The molecule has 0 heterocycles. The van der Waals surface area contributed by atoms with Crippen molar-refractivity contribution in [2.75, 3.05) is 13.7 Å². The van der Waals surface area contributed by atoms with Crippen molar-refractivity contribution < 1.29 is 14.3 Å². The normalized spacial score (nSPS) is 10.3. The molecule has 0 unspecified atom stereocenters. The number of unbranched alkanes of at least 4 members (excludes halogenated alkanes) is 5. The van der Waals surface area contributed by atoms with Gasteiger partial charge in [-0.25, -0.2) is 0 Å². The molecule has 0 amide bonds. The van der Waals surface area contributed by atoms with Gasteiger partial charge in [-0.15, -0.1) is 0 Å². The fraction of sp³-hybridized carbons (Fsp3) is 0.588. The lowest BCUT2D eigenvalue weighted by molar-refractivity contribution is -0.140. The van der Waals surface area contributed by atoms with Gasteiger partial charge in [0.15, 0.2) is 0 Å². The molecule has 3 heteroatoms. The van der Waals surface area contributed by atoms with E-state index in [1.54, 1.807) is 0 Å². The lowest BCUT2D eigenvalue weighted by Crippen LogP contribution is -1.99. The molecule has 0 radical (unpaired) electrons. The zero-order valence-corrected chi connectivity index (χ0v) is 12.7. The first kappa shape index (κ1) is 16.5. The maximum absolute atomic E-state index is 10.9. The van der Waals surface area contributed by atoms with E-state index in [1.165, 1.54) is 31.9 Å². The van der Waals surface area contributed by atoms with Crippen LogP contribution in [0.25, 0.3) is 0 Å². The van der Waals surface area contributed by atoms with E-state index in [0.717, 1.165) is 31.6 Å². The van der Waals surface area contributed by atoms with Crippen LogP contribution in [0, 0.1) is 6.92 Å². The Labute approximate surface area is 122 Å². The lowest BCUT2D eigenvalue weighted by atomic mass is 10.1. The number of hydrogen-bond acceptors (Lipinski definition) is 3. The van der Waals surface area contributed by atoms with Crippen molar-refractivity contribution in [1.29, 1.82) is 0 Å². The number of carbonyl (C=O) groups is 1. The van der Waals surface area contributed by atoms with Crippen LogP contribution in [0.2, 0.25) is 0 Å². The molecule has 0 aliphatic heterocycles. The maximum Gasteiger partial charge on any atom is 0.305 e. The van der Waals surface area contributed by atoms with Crippen LogP contribution in [0.15, 0.2) is 24.3 Å². The molecule has 3 nitrogen and oxygen atoms in total. The fourth-order valence-electron chi connectivity index (χ4n) is 2.01. The minimum absolute atomic E-state index is 0.100. The van der Waals surface area contributed by atoms with E-state index in [9.17, 15) is 4.79 Å². The Bertz CT molecular complexity index is 370. The minimum atomic E-state index is -0.100. The standard InChI is InChI=1S/C17H26O3/c1-15-10-12-16(13-11-15)20-14-8-6-4-3-5-7-9-17(18)19-2/h10-13H,3-9,14H2,1-2H3. The fourth-order valence-corrected chi connectivity index (χ4v) is 2.01. The molecule has 0 N–H and O–H groups in total. The van der Waals surface area contributed by atoms with Crippen LogP contribution >= 0.6 is 0 Å². The molecule has 0 bridgehead atoms. The highest BCUT2D eigenvalue weighted by molar-refractivity contribution is 5.68. The zero-order valence-electron chi connectivity index (χ0n) is 12.7. The van der Waals surface area contributed by atoms with Gasteiger partial charge in [-0.3, -0.25) is 4.79 Å². The zero-order chi connectivity index (χ0) is 14.6. The van der Waals surface area contributed by atoms with Gasteiger partial charge in [-0.05, 0) is 31.9 Å². The number of methoxy groups -OCH3 is 1. The third-order valence-electron chi connectivity index (χ3n) is 3.29. The molecule has 112 valence electrons.